The molecule has 12 heavy (non-hydrogen) atoms. The van der Waals surface area contributed by atoms with Gasteiger partial charge in [0, 0.05) is 5.60 Å². The molecule has 1 aliphatic carbocycles. The van der Waals surface area contributed by atoms with E-state index in [0.29, 0.717) is 0 Å². The quantitative estimate of drug-likeness (QED) is 0.258. The van der Waals surface area contributed by atoms with Crippen LogP contribution in [0.1, 0.15) is 33.6 Å². The molecule has 0 radical (unpaired) electrons. The predicted molar refractivity (Wildman–Crippen MR) is 41.3 cm³/mol. The van der Waals surface area contributed by atoms with Gasteiger partial charge in [-0.2, -0.15) is 0 Å². The summed E-state index contributed by atoms with van der Waals surface area (Å²) < 4.78 is 4.98. The van der Waals surface area contributed by atoms with Crippen molar-refractivity contribution in [3.63, 3.8) is 0 Å². The van der Waals surface area contributed by atoms with Crippen molar-refractivity contribution in [1.29, 1.82) is 0 Å². The van der Waals surface area contributed by atoms with Gasteiger partial charge in [0.1, 0.15) is 6.08 Å². The van der Waals surface area contributed by atoms with Crippen LogP contribution in [-0.4, -0.2) is 17.7 Å². The second-order valence-corrected chi connectivity index (χ2v) is 3.84. The molecular formula is C8H14NNaO2. The Bertz CT molecular complexity index is 170. The van der Waals surface area contributed by atoms with E-state index in [4.69, 9.17) is 4.74 Å². The maximum atomic E-state index is 10.9. The zero-order chi connectivity index (χ0) is 8.48. The first kappa shape index (κ1) is 12.3. The van der Waals surface area contributed by atoms with Crippen LogP contribution in [0.15, 0.2) is 4.99 Å². The molecule has 64 valence electrons. The molecular weight excluding hydrogens is 165 g/mol. The molecule has 0 bridgehead atoms. The smallest absolute Gasteiger partial charge is 0.595 e. The molecule has 1 aliphatic rings. The maximum Gasteiger partial charge on any atom is 1.00 e. The number of nitrogens with zero attached hydrogens (tertiary/aromatic N) is 1. The van der Waals surface area contributed by atoms with E-state index in [1.807, 2.05) is 20.8 Å². The van der Waals surface area contributed by atoms with Gasteiger partial charge in [0.05, 0.1) is 6.04 Å². The summed E-state index contributed by atoms with van der Waals surface area (Å²) in [4.78, 5) is 3.81. The zero-order valence-corrected chi connectivity index (χ0v) is 10.3. The van der Waals surface area contributed by atoms with Crippen molar-refractivity contribution < 1.29 is 39.4 Å². The average Bonchev–Trinajstić information content (AvgIpc) is 2.42. The fourth-order valence-electron chi connectivity index (χ4n) is 0.641. The van der Waals surface area contributed by atoms with Gasteiger partial charge in [-0.25, -0.2) is 0 Å². The summed E-state index contributed by atoms with van der Waals surface area (Å²) in [6, 6.07) is 0.254. The van der Waals surface area contributed by atoms with Crippen molar-refractivity contribution in [1.82, 2.24) is 0 Å². The molecule has 1 rings (SSSR count). The van der Waals surface area contributed by atoms with E-state index in [1.54, 1.807) is 0 Å². The topological polar surface area (TPSA) is 44.6 Å². The van der Waals surface area contributed by atoms with E-state index in [2.05, 4.69) is 4.99 Å². The Morgan fingerprint density at radius 1 is 1.42 bits per heavy atom. The van der Waals surface area contributed by atoms with Gasteiger partial charge in [-0.1, -0.05) is 20.8 Å². The van der Waals surface area contributed by atoms with Gasteiger partial charge in [-0.15, -0.1) is 0 Å². The van der Waals surface area contributed by atoms with Crippen molar-refractivity contribution in [3.8, 4) is 0 Å². The van der Waals surface area contributed by atoms with E-state index >= 15 is 0 Å². The van der Waals surface area contributed by atoms with E-state index in [0.717, 1.165) is 12.8 Å². The van der Waals surface area contributed by atoms with Crippen LogP contribution in [0.3, 0.4) is 0 Å². The number of hydrogen-bond acceptors (Lipinski definition) is 3. The first-order valence-corrected chi connectivity index (χ1v) is 3.91. The number of ether oxygens (including phenoxy) is 1. The Labute approximate surface area is 95.5 Å². The Morgan fingerprint density at radius 3 is 2.25 bits per heavy atom. The molecule has 0 atom stereocenters. The van der Waals surface area contributed by atoms with Crippen LogP contribution >= 0.6 is 0 Å². The summed E-state index contributed by atoms with van der Waals surface area (Å²) in [6.45, 7) is 5.52. The minimum atomic E-state index is -0.417. The summed E-state index contributed by atoms with van der Waals surface area (Å²) in [5.41, 5.74) is -0.407. The average molecular weight is 179 g/mol. The van der Waals surface area contributed by atoms with Crippen molar-refractivity contribution in [2.24, 2.45) is 4.99 Å². The van der Waals surface area contributed by atoms with Gasteiger partial charge in [0.25, 0.3) is 0 Å². The molecule has 0 unspecified atom stereocenters. The van der Waals surface area contributed by atoms with Crippen LogP contribution in [0, 0.1) is 0 Å². The first-order valence-electron chi connectivity index (χ1n) is 3.91. The summed E-state index contributed by atoms with van der Waals surface area (Å²) in [5, 5.41) is 10.9. The summed E-state index contributed by atoms with van der Waals surface area (Å²) in [6.07, 6.45) is 1.67. The van der Waals surface area contributed by atoms with Gasteiger partial charge in [0.15, 0.2) is 0 Å². The van der Waals surface area contributed by atoms with Crippen LogP contribution in [0.5, 0.6) is 0 Å². The van der Waals surface area contributed by atoms with E-state index in [9.17, 15) is 5.11 Å². The fourth-order valence-corrected chi connectivity index (χ4v) is 0.641. The summed E-state index contributed by atoms with van der Waals surface area (Å²) in [7, 11) is 0. The van der Waals surface area contributed by atoms with Gasteiger partial charge in [-0.05, 0) is 12.8 Å². The maximum absolute atomic E-state index is 10.9. The van der Waals surface area contributed by atoms with Crippen LogP contribution in [-0.2, 0) is 4.74 Å². The summed E-state index contributed by atoms with van der Waals surface area (Å²) >= 11 is 0. The Morgan fingerprint density at radius 2 is 1.92 bits per heavy atom. The van der Waals surface area contributed by atoms with Crippen LogP contribution in [0.2, 0.25) is 0 Å². The molecule has 0 saturated heterocycles. The Balaban J connectivity index is 0.00000121. The molecule has 3 nitrogen and oxygen atoms in total. The molecule has 0 N–H and O–H groups in total. The SMILES string of the molecule is CC(C)(C)OC([O-])=NC1CC1.[Na+]. The number of aliphatic imine (C=N–C) groups is 1. The second kappa shape index (κ2) is 4.49. The van der Waals surface area contributed by atoms with Crippen LogP contribution in [0.4, 0.5) is 0 Å². The Kier molecular flexibility index (Phi) is 4.59. The predicted octanol–water partition coefficient (Wildman–Crippen LogP) is -2.32. The molecule has 0 heterocycles. The van der Waals surface area contributed by atoms with E-state index in [1.165, 1.54) is 0 Å². The Hall–Kier alpha value is 0.270. The third-order valence-corrected chi connectivity index (χ3v) is 1.23. The molecule has 1 saturated carbocycles. The minimum absolute atomic E-state index is 0. The van der Waals surface area contributed by atoms with Gasteiger partial charge in [0.2, 0.25) is 0 Å². The molecule has 0 aliphatic heterocycles. The molecule has 0 aromatic carbocycles. The normalized spacial score (nSPS) is 18.4. The third-order valence-electron chi connectivity index (χ3n) is 1.23. The molecule has 0 amide bonds. The van der Waals surface area contributed by atoms with E-state index in [-0.39, 0.29) is 35.6 Å². The molecule has 0 aromatic rings. The van der Waals surface area contributed by atoms with Gasteiger partial charge < -0.3 is 9.84 Å². The van der Waals surface area contributed by atoms with Crippen molar-refractivity contribution in [2.45, 2.75) is 45.3 Å². The van der Waals surface area contributed by atoms with E-state index < -0.39 is 11.7 Å². The second-order valence-electron chi connectivity index (χ2n) is 3.84. The van der Waals surface area contributed by atoms with Crippen LogP contribution < -0.4 is 34.7 Å². The largest absolute Gasteiger partial charge is 1.00 e. The molecule has 0 aromatic heterocycles. The third kappa shape index (κ3) is 5.86. The minimum Gasteiger partial charge on any atom is -0.595 e. The van der Waals surface area contributed by atoms with Crippen LogP contribution in [0.25, 0.3) is 0 Å². The first-order chi connectivity index (χ1) is 4.97. The number of hydrogen-bond donors (Lipinski definition) is 0. The standard InChI is InChI=1S/C8H15NO2.Na/c1-8(2,3)11-7(10)9-6-4-5-6;/h6H,4-5H2,1-3H3,(H,9,10);/q;+1/p-1. The summed E-state index contributed by atoms with van der Waals surface area (Å²) in [5.74, 6) is 0. The zero-order valence-electron chi connectivity index (χ0n) is 8.26. The fraction of sp³-hybridized carbons (Fsp3) is 0.875. The molecule has 0 spiro atoms. The van der Waals surface area contributed by atoms with Gasteiger partial charge in [-0.3, -0.25) is 4.99 Å². The van der Waals surface area contributed by atoms with Crippen molar-refractivity contribution in [3.05, 3.63) is 0 Å². The van der Waals surface area contributed by atoms with Crippen molar-refractivity contribution >= 4 is 6.08 Å². The monoisotopic (exact) mass is 179 g/mol. The van der Waals surface area contributed by atoms with Crippen molar-refractivity contribution in [2.75, 3.05) is 0 Å². The van der Waals surface area contributed by atoms with Gasteiger partial charge >= 0.3 is 29.6 Å². The number of rotatable bonds is 1. The molecule has 1 fully saturated rings. The molecule has 4 heteroatoms.